The Morgan fingerprint density at radius 2 is 2.00 bits per heavy atom. The van der Waals surface area contributed by atoms with Crippen LogP contribution in [0.3, 0.4) is 0 Å². The molecule has 0 bridgehead atoms. The fourth-order valence-electron chi connectivity index (χ4n) is 1.93. The van der Waals surface area contributed by atoms with Gasteiger partial charge in [0.25, 0.3) is 0 Å². The number of aliphatic imine (C=N–C) groups is 1. The maximum Gasteiger partial charge on any atom is 0.337 e. The van der Waals surface area contributed by atoms with Crippen LogP contribution in [0.25, 0.3) is 0 Å². The Balaban J connectivity index is 1.94. The predicted octanol–water partition coefficient (Wildman–Crippen LogP) is 0.620. The van der Waals surface area contributed by atoms with Crippen LogP contribution in [0.4, 0.5) is 0 Å². The van der Waals surface area contributed by atoms with Crippen LogP contribution in [0.1, 0.15) is 15.9 Å². The highest BCUT2D eigenvalue weighted by Crippen LogP contribution is 2.07. The Bertz CT molecular complexity index is 479. The second-order valence-electron chi connectivity index (χ2n) is 4.46. The second kappa shape index (κ2) is 6.91. The van der Waals surface area contributed by atoms with E-state index in [0.717, 1.165) is 18.7 Å². The molecule has 20 heavy (non-hydrogen) atoms. The van der Waals surface area contributed by atoms with E-state index in [-0.39, 0.29) is 5.97 Å². The summed E-state index contributed by atoms with van der Waals surface area (Å²) in [6, 6.07) is 7.15. The number of rotatable bonds is 3. The van der Waals surface area contributed by atoms with E-state index in [1.807, 2.05) is 17.0 Å². The third-order valence-electron chi connectivity index (χ3n) is 3.13. The zero-order valence-electron chi connectivity index (χ0n) is 11.5. The van der Waals surface area contributed by atoms with E-state index >= 15 is 0 Å². The van der Waals surface area contributed by atoms with Crippen molar-refractivity contribution in [3.8, 4) is 0 Å². The van der Waals surface area contributed by atoms with Gasteiger partial charge in [0, 0.05) is 13.1 Å². The largest absolute Gasteiger partial charge is 0.465 e. The van der Waals surface area contributed by atoms with Crippen LogP contribution in [-0.4, -0.2) is 50.2 Å². The molecule has 1 aliphatic heterocycles. The molecule has 0 aromatic heterocycles. The number of hydrogen-bond acceptors (Lipinski definition) is 4. The fourth-order valence-corrected chi connectivity index (χ4v) is 1.93. The van der Waals surface area contributed by atoms with Crippen molar-refractivity contribution in [3.63, 3.8) is 0 Å². The Kier molecular flexibility index (Phi) is 4.95. The SMILES string of the molecule is COC(=O)c1ccc(CN=C(N)N2CCOCC2)cc1. The summed E-state index contributed by atoms with van der Waals surface area (Å²) in [6.45, 7) is 3.41. The molecule has 2 rings (SSSR count). The number of guanidine groups is 1. The Morgan fingerprint density at radius 1 is 1.35 bits per heavy atom. The molecule has 108 valence electrons. The normalized spacial score (nSPS) is 16.1. The number of nitrogens with zero attached hydrogens (tertiary/aromatic N) is 2. The summed E-state index contributed by atoms with van der Waals surface area (Å²) in [5.74, 6) is 0.193. The molecule has 0 aliphatic carbocycles. The molecule has 1 aromatic carbocycles. The van der Waals surface area contributed by atoms with Crippen LogP contribution in [0.15, 0.2) is 29.3 Å². The standard InChI is InChI=1S/C14H19N3O3/c1-19-13(18)12-4-2-11(3-5-12)10-16-14(15)17-6-8-20-9-7-17/h2-5H,6-10H2,1H3,(H2,15,16). The molecule has 6 heteroatoms. The number of esters is 1. The quantitative estimate of drug-likeness (QED) is 0.498. The predicted molar refractivity (Wildman–Crippen MR) is 75.5 cm³/mol. The van der Waals surface area contributed by atoms with Crippen molar-refractivity contribution in [1.29, 1.82) is 0 Å². The Morgan fingerprint density at radius 3 is 2.60 bits per heavy atom. The third-order valence-corrected chi connectivity index (χ3v) is 3.13. The summed E-state index contributed by atoms with van der Waals surface area (Å²) < 4.78 is 9.91. The smallest absolute Gasteiger partial charge is 0.337 e. The van der Waals surface area contributed by atoms with Gasteiger partial charge in [0.05, 0.1) is 32.4 Å². The maximum absolute atomic E-state index is 11.3. The minimum absolute atomic E-state index is 0.340. The first-order valence-corrected chi connectivity index (χ1v) is 6.50. The number of benzene rings is 1. The summed E-state index contributed by atoms with van der Waals surface area (Å²) in [4.78, 5) is 17.7. The average molecular weight is 277 g/mol. The van der Waals surface area contributed by atoms with E-state index in [0.29, 0.717) is 31.3 Å². The number of morpholine rings is 1. The van der Waals surface area contributed by atoms with Crippen LogP contribution in [0.5, 0.6) is 0 Å². The number of hydrogen-bond donors (Lipinski definition) is 1. The van der Waals surface area contributed by atoms with Crippen molar-refractivity contribution in [2.75, 3.05) is 33.4 Å². The topological polar surface area (TPSA) is 77.1 Å². The number of carbonyl (C=O) groups is 1. The van der Waals surface area contributed by atoms with Gasteiger partial charge in [-0.15, -0.1) is 0 Å². The van der Waals surface area contributed by atoms with Gasteiger partial charge >= 0.3 is 5.97 Å². The van der Waals surface area contributed by atoms with Crippen LogP contribution in [0.2, 0.25) is 0 Å². The number of nitrogens with two attached hydrogens (primary N) is 1. The van der Waals surface area contributed by atoms with Crippen LogP contribution in [-0.2, 0) is 16.0 Å². The van der Waals surface area contributed by atoms with Crippen molar-refractivity contribution in [2.24, 2.45) is 10.7 Å². The minimum Gasteiger partial charge on any atom is -0.465 e. The first kappa shape index (κ1) is 14.3. The number of carbonyl (C=O) groups excluding carboxylic acids is 1. The summed E-state index contributed by atoms with van der Waals surface area (Å²) in [5.41, 5.74) is 7.47. The van der Waals surface area contributed by atoms with Crippen LogP contribution >= 0.6 is 0 Å². The van der Waals surface area contributed by atoms with Crippen LogP contribution in [0, 0.1) is 0 Å². The van der Waals surface area contributed by atoms with Gasteiger partial charge in [-0.1, -0.05) is 12.1 Å². The molecule has 1 aliphatic rings. The van der Waals surface area contributed by atoms with E-state index in [9.17, 15) is 4.79 Å². The molecular weight excluding hydrogens is 258 g/mol. The van der Waals surface area contributed by atoms with Crippen molar-refractivity contribution in [1.82, 2.24) is 4.90 Å². The Labute approximate surface area is 118 Å². The molecule has 0 amide bonds. The summed E-state index contributed by atoms with van der Waals surface area (Å²) >= 11 is 0. The molecule has 0 unspecified atom stereocenters. The minimum atomic E-state index is -0.340. The number of ether oxygens (including phenoxy) is 2. The monoisotopic (exact) mass is 277 g/mol. The number of methoxy groups -OCH3 is 1. The molecule has 0 radical (unpaired) electrons. The lowest BCUT2D eigenvalue weighted by molar-refractivity contribution is 0.0600. The van der Waals surface area contributed by atoms with Crippen molar-refractivity contribution in [3.05, 3.63) is 35.4 Å². The van der Waals surface area contributed by atoms with Crippen molar-refractivity contribution < 1.29 is 14.3 Å². The highest BCUT2D eigenvalue weighted by molar-refractivity contribution is 5.89. The summed E-state index contributed by atoms with van der Waals surface area (Å²) in [6.07, 6.45) is 0. The molecule has 0 atom stereocenters. The van der Waals surface area contributed by atoms with Gasteiger partial charge in [-0.05, 0) is 17.7 Å². The van der Waals surface area contributed by atoms with E-state index < -0.39 is 0 Å². The zero-order valence-corrected chi connectivity index (χ0v) is 11.5. The second-order valence-corrected chi connectivity index (χ2v) is 4.46. The van der Waals surface area contributed by atoms with Gasteiger partial charge in [-0.3, -0.25) is 0 Å². The third kappa shape index (κ3) is 3.71. The highest BCUT2D eigenvalue weighted by atomic mass is 16.5. The van der Waals surface area contributed by atoms with Gasteiger partial charge in [-0.2, -0.15) is 0 Å². The van der Waals surface area contributed by atoms with Gasteiger partial charge in [-0.25, -0.2) is 9.79 Å². The van der Waals surface area contributed by atoms with Crippen molar-refractivity contribution in [2.45, 2.75) is 6.54 Å². The van der Waals surface area contributed by atoms with Gasteiger partial charge in [0.15, 0.2) is 5.96 Å². The highest BCUT2D eigenvalue weighted by Gasteiger charge is 2.11. The van der Waals surface area contributed by atoms with E-state index in [4.69, 9.17) is 10.5 Å². The van der Waals surface area contributed by atoms with Gasteiger partial charge in [0.1, 0.15) is 0 Å². The molecular formula is C14H19N3O3. The van der Waals surface area contributed by atoms with E-state index in [1.165, 1.54) is 7.11 Å². The Hall–Kier alpha value is -2.08. The van der Waals surface area contributed by atoms with Gasteiger partial charge < -0.3 is 20.1 Å². The maximum atomic E-state index is 11.3. The van der Waals surface area contributed by atoms with E-state index in [2.05, 4.69) is 9.73 Å². The molecule has 0 spiro atoms. The molecule has 6 nitrogen and oxygen atoms in total. The molecule has 1 heterocycles. The van der Waals surface area contributed by atoms with Gasteiger partial charge in [0.2, 0.25) is 0 Å². The molecule has 1 aromatic rings. The molecule has 2 N–H and O–H groups in total. The lowest BCUT2D eigenvalue weighted by Crippen LogP contribution is -2.44. The first-order chi connectivity index (χ1) is 9.70. The first-order valence-electron chi connectivity index (χ1n) is 6.50. The average Bonchev–Trinajstić information content (AvgIpc) is 2.53. The van der Waals surface area contributed by atoms with E-state index in [1.54, 1.807) is 12.1 Å². The summed E-state index contributed by atoms with van der Waals surface area (Å²) in [5, 5.41) is 0. The molecule has 0 saturated carbocycles. The fraction of sp³-hybridized carbons (Fsp3) is 0.429. The van der Waals surface area contributed by atoms with Crippen molar-refractivity contribution >= 4 is 11.9 Å². The molecule has 1 saturated heterocycles. The lowest BCUT2D eigenvalue weighted by atomic mass is 10.1. The summed E-state index contributed by atoms with van der Waals surface area (Å²) in [7, 11) is 1.36. The zero-order chi connectivity index (χ0) is 14.4. The molecule has 1 fully saturated rings. The lowest BCUT2D eigenvalue weighted by Gasteiger charge is -2.27. The van der Waals surface area contributed by atoms with Crippen LogP contribution < -0.4 is 5.73 Å².